The van der Waals surface area contributed by atoms with Crippen molar-refractivity contribution < 1.29 is 33.4 Å². The standard InChI is InChI=1S/C19H25N3O8/c1-11(23)3-5-17(25)28-10-14-13(30-18(26)6-4-12(2)24)9-16(29-14)22-8-7-15(20)21-19(22)27/h7-8,13-14,16H,3-6,9-10H2,1-2H3,(H2,20,21,27)/t13-,14+,16+/m1/s1. The number of nitrogens with two attached hydrogens (primary N) is 1. The third-order valence-corrected chi connectivity index (χ3v) is 4.40. The summed E-state index contributed by atoms with van der Waals surface area (Å²) in [4.78, 5) is 61.6. The van der Waals surface area contributed by atoms with E-state index < -0.39 is 36.1 Å². The summed E-state index contributed by atoms with van der Waals surface area (Å²) in [7, 11) is 0. The molecule has 0 saturated carbocycles. The number of nitrogen functional groups attached to an aromatic ring is 1. The van der Waals surface area contributed by atoms with Crippen molar-refractivity contribution in [1.82, 2.24) is 9.55 Å². The van der Waals surface area contributed by atoms with E-state index in [0.29, 0.717) is 0 Å². The van der Waals surface area contributed by atoms with E-state index in [4.69, 9.17) is 19.9 Å². The number of anilines is 1. The highest BCUT2D eigenvalue weighted by Gasteiger charge is 2.40. The first-order chi connectivity index (χ1) is 14.2. The number of hydrogen-bond acceptors (Lipinski definition) is 10. The average Bonchev–Trinajstić information content (AvgIpc) is 3.05. The lowest BCUT2D eigenvalue weighted by atomic mass is 10.1. The van der Waals surface area contributed by atoms with E-state index in [1.165, 1.54) is 30.7 Å². The molecule has 1 aromatic rings. The van der Waals surface area contributed by atoms with Crippen LogP contribution in [0.15, 0.2) is 17.1 Å². The maximum Gasteiger partial charge on any atom is 0.351 e. The second-order valence-corrected chi connectivity index (χ2v) is 7.02. The molecule has 2 N–H and O–H groups in total. The van der Waals surface area contributed by atoms with Gasteiger partial charge in [0.1, 0.15) is 42.4 Å². The van der Waals surface area contributed by atoms with Gasteiger partial charge in [-0.05, 0) is 19.9 Å². The molecule has 0 aliphatic carbocycles. The quantitative estimate of drug-likeness (QED) is 0.519. The zero-order valence-electron chi connectivity index (χ0n) is 16.9. The first kappa shape index (κ1) is 23.2. The second-order valence-electron chi connectivity index (χ2n) is 7.02. The molecule has 1 saturated heterocycles. The first-order valence-corrected chi connectivity index (χ1v) is 9.49. The predicted molar refractivity (Wildman–Crippen MR) is 102 cm³/mol. The van der Waals surface area contributed by atoms with Gasteiger partial charge in [0.25, 0.3) is 0 Å². The van der Waals surface area contributed by atoms with Crippen LogP contribution in [0.5, 0.6) is 0 Å². The number of rotatable bonds is 10. The Hall–Kier alpha value is -3.08. The van der Waals surface area contributed by atoms with Crippen molar-refractivity contribution in [2.45, 2.75) is 64.4 Å². The monoisotopic (exact) mass is 423 g/mol. The Morgan fingerprint density at radius 2 is 1.77 bits per heavy atom. The highest BCUT2D eigenvalue weighted by atomic mass is 16.6. The molecule has 11 nitrogen and oxygen atoms in total. The van der Waals surface area contributed by atoms with Crippen molar-refractivity contribution in [3.63, 3.8) is 0 Å². The molecule has 30 heavy (non-hydrogen) atoms. The predicted octanol–water partition coefficient (Wildman–Crippen LogP) is 0.306. The highest BCUT2D eigenvalue weighted by molar-refractivity contribution is 5.81. The van der Waals surface area contributed by atoms with Gasteiger partial charge in [-0.25, -0.2) is 4.79 Å². The van der Waals surface area contributed by atoms with Crippen molar-refractivity contribution in [2.75, 3.05) is 12.3 Å². The Labute approximate surface area is 172 Å². The van der Waals surface area contributed by atoms with Crippen LogP contribution < -0.4 is 11.4 Å². The summed E-state index contributed by atoms with van der Waals surface area (Å²) >= 11 is 0. The fraction of sp³-hybridized carbons (Fsp3) is 0.579. The molecule has 0 spiro atoms. The van der Waals surface area contributed by atoms with Gasteiger partial charge in [-0.1, -0.05) is 0 Å². The summed E-state index contributed by atoms with van der Waals surface area (Å²) in [6, 6.07) is 1.42. The number of aromatic nitrogens is 2. The largest absolute Gasteiger partial charge is 0.463 e. The van der Waals surface area contributed by atoms with Gasteiger partial charge in [0.05, 0.1) is 12.8 Å². The van der Waals surface area contributed by atoms with Crippen molar-refractivity contribution in [3.8, 4) is 0 Å². The minimum absolute atomic E-state index is 0.0435. The van der Waals surface area contributed by atoms with Crippen LogP contribution in [0, 0.1) is 0 Å². The molecule has 1 aromatic heterocycles. The fourth-order valence-electron chi connectivity index (χ4n) is 2.82. The molecule has 1 aliphatic rings. The van der Waals surface area contributed by atoms with Gasteiger partial charge in [-0.3, -0.25) is 14.2 Å². The van der Waals surface area contributed by atoms with E-state index in [1.807, 2.05) is 0 Å². The summed E-state index contributed by atoms with van der Waals surface area (Å²) < 4.78 is 17.5. The molecular formula is C19H25N3O8. The van der Waals surface area contributed by atoms with E-state index >= 15 is 0 Å². The van der Waals surface area contributed by atoms with E-state index in [1.54, 1.807) is 0 Å². The number of ketones is 2. The summed E-state index contributed by atoms with van der Waals surface area (Å²) in [5.41, 5.74) is 4.85. The first-order valence-electron chi connectivity index (χ1n) is 9.49. The number of esters is 2. The van der Waals surface area contributed by atoms with E-state index in [-0.39, 0.29) is 56.1 Å². The zero-order chi connectivity index (χ0) is 22.3. The molecule has 164 valence electrons. The van der Waals surface area contributed by atoms with Gasteiger partial charge in [-0.2, -0.15) is 4.98 Å². The van der Waals surface area contributed by atoms with E-state index in [0.717, 1.165) is 0 Å². The normalized spacial score (nSPS) is 20.5. The van der Waals surface area contributed by atoms with Gasteiger partial charge in [0.15, 0.2) is 0 Å². The smallest absolute Gasteiger partial charge is 0.351 e. The third kappa shape index (κ3) is 7.07. The lowest BCUT2D eigenvalue weighted by Gasteiger charge is -2.18. The topological polar surface area (TPSA) is 157 Å². The minimum atomic E-state index is -0.831. The Bertz CT molecular complexity index is 866. The maximum absolute atomic E-state index is 12.1. The van der Waals surface area contributed by atoms with Crippen LogP contribution in [-0.2, 0) is 33.4 Å². The van der Waals surface area contributed by atoms with Crippen molar-refractivity contribution in [1.29, 1.82) is 0 Å². The van der Waals surface area contributed by atoms with Crippen molar-refractivity contribution >= 4 is 29.3 Å². The van der Waals surface area contributed by atoms with Crippen LogP contribution in [0.1, 0.15) is 52.2 Å². The Balaban J connectivity index is 2.06. The average molecular weight is 423 g/mol. The van der Waals surface area contributed by atoms with Gasteiger partial charge in [0, 0.05) is 25.5 Å². The molecule has 1 aliphatic heterocycles. The van der Waals surface area contributed by atoms with Crippen molar-refractivity contribution in [2.24, 2.45) is 0 Å². The third-order valence-electron chi connectivity index (χ3n) is 4.40. The van der Waals surface area contributed by atoms with Crippen LogP contribution in [-0.4, -0.2) is 51.9 Å². The Kier molecular flexibility index (Phi) is 8.22. The molecule has 2 rings (SSSR count). The summed E-state index contributed by atoms with van der Waals surface area (Å²) in [6.45, 7) is 2.51. The maximum atomic E-state index is 12.1. The summed E-state index contributed by atoms with van der Waals surface area (Å²) in [6.07, 6.45) is -0.983. The Morgan fingerprint density at radius 1 is 1.13 bits per heavy atom. The molecule has 11 heteroatoms. The van der Waals surface area contributed by atoms with Crippen molar-refractivity contribution in [3.05, 3.63) is 22.7 Å². The second kappa shape index (κ2) is 10.6. The number of nitrogens with zero attached hydrogens (tertiary/aromatic N) is 2. The molecule has 3 atom stereocenters. The number of Topliss-reactive ketones (excluding diaryl/α,β-unsaturated/α-hetero) is 2. The Morgan fingerprint density at radius 3 is 2.37 bits per heavy atom. The van der Waals surface area contributed by atoms with E-state index in [2.05, 4.69) is 4.98 Å². The zero-order valence-corrected chi connectivity index (χ0v) is 16.9. The summed E-state index contributed by atoms with van der Waals surface area (Å²) in [5.74, 6) is -1.43. The number of carbonyl (C=O) groups is 4. The lowest BCUT2D eigenvalue weighted by Crippen LogP contribution is -2.32. The van der Waals surface area contributed by atoms with Gasteiger partial charge in [0.2, 0.25) is 0 Å². The van der Waals surface area contributed by atoms with Crippen LogP contribution in [0.2, 0.25) is 0 Å². The minimum Gasteiger partial charge on any atom is -0.463 e. The van der Waals surface area contributed by atoms with Gasteiger partial charge < -0.3 is 29.5 Å². The number of ether oxygens (including phenoxy) is 3. The van der Waals surface area contributed by atoms with Gasteiger partial charge in [-0.15, -0.1) is 0 Å². The van der Waals surface area contributed by atoms with Crippen LogP contribution in [0.25, 0.3) is 0 Å². The fourth-order valence-corrected chi connectivity index (χ4v) is 2.82. The molecule has 0 aromatic carbocycles. The number of carbonyl (C=O) groups excluding carboxylic acids is 4. The van der Waals surface area contributed by atoms with Crippen LogP contribution >= 0.6 is 0 Å². The van der Waals surface area contributed by atoms with Crippen LogP contribution in [0.4, 0.5) is 5.82 Å². The molecule has 0 amide bonds. The molecule has 0 radical (unpaired) electrons. The van der Waals surface area contributed by atoms with E-state index in [9.17, 15) is 24.0 Å². The SMILES string of the molecule is CC(=O)CCC(=O)OC[C@@H]1O[C@H](n2ccc(N)nc2=O)C[C@H]1OC(=O)CCC(C)=O. The molecule has 2 heterocycles. The highest BCUT2D eigenvalue weighted by Crippen LogP contribution is 2.30. The lowest BCUT2D eigenvalue weighted by molar-refractivity contribution is -0.159. The van der Waals surface area contributed by atoms with Gasteiger partial charge >= 0.3 is 17.6 Å². The molecule has 1 fully saturated rings. The number of hydrogen-bond donors (Lipinski definition) is 1. The summed E-state index contributed by atoms with van der Waals surface area (Å²) in [5, 5.41) is 0. The molecular weight excluding hydrogens is 398 g/mol. The molecule has 0 bridgehead atoms. The molecule has 0 unspecified atom stereocenters. The van der Waals surface area contributed by atoms with Crippen LogP contribution in [0.3, 0.4) is 0 Å².